The Hall–Kier alpha value is -0.940. The molecule has 0 saturated carbocycles. The summed E-state index contributed by atoms with van der Waals surface area (Å²) in [5.41, 5.74) is 5.06. The number of hydrogen-bond acceptors (Lipinski definition) is 5. The third-order valence-corrected chi connectivity index (χ3v) is 3.28. The van der Waals surface area contributed by atoms with E-state index in [1.165, 1.54) is 0 Å². The molecule has 104 valence electrons. The van der Waals surface area contributed by atoms with Crippen molar-refractivity contribution in [3.63, 3.8) is 0 Å². The van der Waals surface area contributed by atoms with Gasteiger partial charge in [0.05, 0.1) is 0 Å². The van der Waals surface area contributed by atoms with E-state index in [0.29, 0.717) is 24.9 Å². The van der Waals surface area contributed by atoms with Crippen LogP contribution in [0.2, 0.25) is 0 Å². The molecule has 0 radical (unpaired) electrons. The van der Waals surface area contributed by atoms with E-state index in [1.807, 2.05) is 6.92 Å². The van der Waals surface area contributed by atoms with E-state index in [4.69, 9.17) is 15.0 Å². The van der Waals surface area contributed by atoms with Crippen LogP contribution < -0.4 is 5.73 Å². The van der Waals surface area contributed by atoms with Crippen molar-refractivity contribution in [3.05, 3.63) is 11.7 Å². The maximum Gasteiger partial charge on any atom is 0.226 e. The molecule has 0 bridgehead atoms. The Labute approximate surface area is 109 Å². The van der Waals surface area contributed by atoms with E-state index >= 15 is 0 Å². The average Bonchev–Trinajstić information content (AvgIpc) is 2.86. The molecule has 1 aromatic heterocycles. The summed E-state index contributed by atoms with van der Waals surface area (Å²) in [6.07, 6.45) is 4.45. The molecule has 18 heavy (non-hydrogen) atoms. The molecule has 2 N–H and O–H groups in total. The van der Waals surface area contributed by atoms with Crippen LogP contribution in [0.1, 0.15) is 58.2 Å². The number of nitrogens with zero attached hydrogens (tertiary/aromatic N) is 2. The number of aryl methyl sites for hydroxylation is 1. The van der Waals surface area contributed by atoms with Gasteiger partial charge in [-0.3, -0.25) is 0 Å². The Morgan fingerprint density at radius 2 is 1.94 bits per heavy atom. The van der Waals surface area contributed by atoms with Crippen molar-refractivity contribution in [2.24, 2.45) is 5.73 Å². The molecule has 1 heterocycles. The van der Waals surface area contributed by atoms with Crippen LogP contribution in [-0.2, 0) is 16.8 Å². The van der Waals surface area contributed by atoms with E-state index < -0.39 is 5.60 Å². The highest BCUT2D eigenvalue weighted by molar-refractivity contribution is 5.01. The Morgan fingerprint density at radius 3 is 2.50 bits per heavy atom. The molecule has 0 fully saturated rings. The van der Waals surface area contributed by atoms with Gasteiger partial charge in [0.25, 0.3) is 0 Å². The average molecular weight is 255 g/mol. The number of aromatic nitrogens is 2. The van der Waals surface area contributed by atoms with Gasteiger partial charge in [0.1, 0.15) is 5.60 Å². The van der Waals surface area contributed by atoms with Crippen molar-refractivity contribution in [3.8, 4) is 0 Å². The second-order valence-electron chi connectivity index (χ2n) is 4.39. The summed E-state index contributed by atoms with van der Waals surface area (Å²) in [6, 6.07) is 0. The number of unbranched alkanes of at least 4 members (excludes halogenated alkanes) is 1. The highest BCUT2D eigenvalue weighted by Crippen LogP contribution is 2.30. The van der Waals surface area contributed by atoms with E-state index in [-0.39, 0.29) is 0 Å². The topological polar surface area (TPSA) is 74.2 Å². The largest absolute Gasteiger partial charge is 0.367 e. The summed E-state index contributed by atoms with van der Waals surface area (Å²) in [4.78, 5) is 4.47. The van der Waals surface area contributed by atoms with Crippen molar-refractivity contribution in [2.45, 2.75) is 58.5 Å². The fourth-order valence-corrected chi connectivity index (χ4v) is 2.07. The van der Waals surface area contributed by atoms with Crippen molar-refractivity contribution >= 4 is 0 Å². The molecular formula is C13H25N3O2. The Kier molecular flexibility index (Phi) is 6.29. The van der Waals surface area contributed by atoms with Crippen LogP contribution in [-0.4, -0.2) is 23.3 Å². The van der Waals surface area contributed by atoms with E-state index in [9.17, 15) is 0 Å². The third-order valence-electron chi connectivity index (χ3n) is 3.28. The first-order chi connectivity index (χ1) is 8.72. The molecule has 0 aliphatic rings. The normalized spacial score (nSPS) is 12.0. The molecule has 0 aliphatic heterocycles. The molecule has 1 rings (SSSR count). The molecule has 0 atom stereocenters. The van der Waals surface area contributed by atoms with Gasteiger partial charge in [-0.1, -0.05) is 19.0 Å². The molecule has 0 amide bonds. The second-order valence-corrected chi connectivity index (χ2v) is 4.39. The van der Waals surface area contributed by atoms with Gasteiger partial charge in [0.15, 0.2) is 0 Å². The lowest BCUT2D eigenvalue weighted by Crippen LogP contribution is -2.29. The number of rotatable bonds is 9. The number of nitrogens with two attached hydrogens (primary N) is 1. The highest BCUT2D eigenvalue weighted by Gasteiger charge is 2.34. The molecule has 0 aliphatic carbocycles. The van der Waals surface area contributed by atoms with Gasteiger partial charge in [0, 0.05) is 13.0 Å². The van der Waals surface area contributed by atoms with Crippen molar-refractivity contribution < 1.29 is 9.26 Å². The van der Waals surface area contributed by atoms with Gasteiger partial charge in [-0.25, -0.2) is 0 Å². The Morgan fingerprint density at radius 1 is 1.22 bits per heavy atom. The maximum absolute atomic E-state index is 5.85. The first-order valence-electron chi connectivity index (χ1n) is 6.89. The fourth-order valence-electron chi connectivity index (χ4n) is 2.07. The molecule has 5 heteroatoms. The molecule has 0 spiro atoms. The highest BCUT2D eigenvalue weighted by atomic mass is 16.5. The zero-order chi connectivity index (χ0) is 13.4. The molecule has 0 aromatic carbocycles. The zero-order valence-corrected chi connectivity index (χ0v) is 11.7. The van der Waals surface area contributed by atoms with Crippen LogP contribution in [0.5, 0.6) is 0 Å². The lowest BCUT2D eigenvalue weighted by Gasteiger charge is -2.27. The SMILES string of the molecule is CCOC(CC)(CC)c1noc(CCCCN)n1. The molecule has 0 saturated heterocycles. The van der Waals surface area contributed by atoms with Gasteiger partial charge in [-0.2, -0.15) is 4.98 Å². The second kappa shape index (κ2) is 7.48. The number of hydrogen-bond donors (Lipinski definition) is 1. The van der Waals surface area contributed by atoms with Crippen molar-refractivity contribution in [2.75, 3.05) is 13.2 Å². The van der Waals surface area contributed by atoms with E-state index in [0.717, 1.165) is 32.1 Å². The summed E-state index contributed by atoms with van der Waals surface area (Å²) < 4.78 is 11.1. The summed E-state index contributed by atoms with van der Waals surface area (Å²) in [7, 11) is 0. The van der Waals surface area contributed by atoms with Gasteiger partial charge >= 0.3 is 0 Å². The third kappa shape index (κ3) is 3.53. The van der Waals surface area contributed by atoms with Crippen LogP contribution in [0.4, 0.5) is 0 Å². The molecular weight excluding hydrogens is 230 g/mol. The van der Waals surface area contributed by atoms with Gasteiger partial charge < -0.3 is 15.0 Å². The zero-order valence-electron chi connectivity index (χ0n) is 11.7. The summed E-state index contributed by atoms with van der Waals surface area (Å²) >= 11 is 0. The van der Waals surface area contributed by atoms with Crippen LogP contribution in [0.25, 0.3) is 0 Å². The first kappa shape index (κ1) is 15.1. The predicted molar refractivity (Wildman–Crippen MR) is 70.2 cm³/mol. The number of ether oxygens (including phenoxy) is 1. The standard InChI is InChI=1S/C13H25N3O2/c1-4-13(5-2,17-6-3)12-15-11(18-16-12)9-7-8-10-14/h4-10,14H2,1-3H3. The monoisotopic (exact) mass is 255 g/mol. The first-order valence-corrected chi connectivity index (χ1v) is 6.89. The fraction of sp³-hybridized carbons (Fsp3) is 0.846. The van der Waals surface area contributed by atoms with Gasteiger partial charge in [-0.05, 0) is 39.2 Å². The Balaban J connectivity index is 2.74. The minimum absolute atomic E-state index is 0.398. The maximum atomic E-state index is 5.85. The molecule has 1 aromatic rings. The smallest absolute Gasteiger partial charge is 0.226 e. The van der Waals surface area contributed by atoms with Crippen LogP contribution in [0.3, 0.4) is 0 Å². The summed E-state index contributed by atoms with van der Waals surface area (Å²) in [6.45, 7) is 7.52. The van der Waals surface area contributed by atoms with Crippen LogP contribution >= 0.6 is 0 Å². The molecule has 0 unspecified atom stereocenters. The van der Waals surface area contributed by atoms with Gasteiger partial charge in [-0.15, -0.1) is 0 Å². The van der Waals surface area contributed by atoms with E-state index in [1.54, 1.807) is 0 Å². The minimum Gasteiger partial charge on any atom is -0.367 e. The lowest BCUT2D eigenvalue weighted by molar-refractivity contribution is -0.0583. The summed E-state index contributed by atoms with van der Waals surface area (Å²) in [5.74, 6) is 1.36. The Bertz CT molecular complexity index is 335. The quantitative estimate of drug-likeness (QED) is 0.686. The minimum atomic E-state index is -0.398. The lowest BCUT2D eigenvalue weighted by atomic mass is 9.96. The molecule has 5 nitrogen and oxygen atoms in total. The predicted octanol–water partition coefficient (Wildman–Crippen LogP) is 2.40. The van der Waals surface area contributed by atoms with Crippen molar-refractivity contribution in [1.82, 2.24) is 10.1 Å². The van der Waals surface area contributed by atoms with E-state index in [2.05, 4.69) is 24.0 Å². The van der Waals surface area contributed by atoms with Crippen molar-refractivity contribution in [1.29, 1.82) is 0 Å². The summed E-state index contributed by atoms with van der Waals surface area (Å²) in [5, 5.41) is 4.09. The van der Waals surface area contributed by atoms with Gasteiger partial charge in [0.2, 0.25) is 11.7 Å². The van der Waals surface area contributed by atoms with Crippen LogP contribution in [0.15, 0.2) is 4.52 Å². The van der Waals surface area contributed by atoms with Crippen LogP contribution in [0, 0.1) is 0 Å².